The third kappa shape index (κ3) is 5.59. The Morgan fingerprint density at radius 1 is 1.32 bits per heavy atom. The van der Waals surface area contributed by atoms with Crippen LogP contribution in [0.4, 0.5) is 0 Å². The van der Waals surface area contributed by atoms with Crippen LogP contribution >= 0.6 is 0 Å². The van der Waals surface area contributed by atoms with E-state index in [1.807, 2.05) is 27.7 Å². The van der Waals surface area contributed by atoms with Crippen molar-refractivity contribution >= 4 is 11.8 Å². The lowest BCUT2D eigenvalue weighted by atomic mass is 9.82. The molecular formula is C14H27N3O2. The number of carbonyl (C=O) groups is 2. The summed E-state index contributed by atoms with van der Waals surface area (Å²) in [7, 11) is 0. The van der Waals surface area contributed by atoms with E-state index in [0.717, 1.165) is 19.4 Å². The third-order valence-electron chi connectivity index (χ3n) is 3.30. The lowest BCUT2D eigenvalue weighted by Gasteiger charge is -2.32. The molecule has 0 aliphatic carbocycles. The van der Waals surface area contributed by atoms with Gasteiger partial charge in [-0.3, -0.25) is 9.59 Å². The van der Waals surface area contributed by atoms with Crippen molar-refractivity contribution in [3.05, 3.63) is 0 Å². The molecule has 0 aromatic heterocycles. The van der Waals surface area contributed by atoms with Gasteiger partial charge >= 0.3 is 0 Å². The molecule has 0 radical (unpaired) electrons. The molecule has 1 aliphatic rings. The molecular weight excluding hydrogens is 242 g/mol. The van der Waals surface area contributed by atoms with Gasteiger partial charge in [0.05, 0.1) is 5.41 Å². The van der Waals surface area contributed by atoms with Gasteiger partial charge in [-0.2, -0.15) is 0 Å². The van der Waals surface area contributed by atoms with Crippen molar-refractivity contribution in [2.24, 2.45) is 5.41 Å². The first-order valence-corrected chi connectivity index (χ1v) is 7.03. The largest absolute Gasteiger partial charge is 0.355 e. The Kier molecular flexibility index (Phi) is 5.35. The molecule has 19 heavy (non-hydrogen) atoms. The second-order valence-electron chi connectivity index (χ2n) is 6.65. The van der Waals surface area contributed by atoms with E-state index >= 15 is 0 Å². The molecule has 2 amide bonds. The Hall–Kier alpha value is -1.10. The maximum absolute atomic E-state index is 12.1. The Morgan fingerprint density at radius 3 is 2.53 bits per heavy atom. The van der Waals surface area contributed by atoms with Crippen LogP contribution in [0.15, 0.2) is 0 Å². The summed E-state index contributed by atoms with van der Waals surface area (Å²) in [5.41, 5.74) is -0.556. The number of hydrogen-bond acceptors (Lipinski definition) is 3. The van der Waals surface area contributed by atoms with Crippen LogP contribution in [0.2, 0.25) is 0 Å². The number of rotatable bonds is 4. The second-order valence-corrected chi connectivity index (χ2v) is 6.65. The van der Waals surface area contributed by atoms with Gasteiger partial charge in [-0.25, -0.2) is 0 Å². The number of nitrogens with one attached hydrogen (secondary N) is 3. The summed E-state index contributed by atoms with van der Waals surface area (Å²) >= 11 is 0. The summed E-state index contributed by atoms with van der Waals surface area (Å²) < 4.78 is 0. The van der Waals surface area contributed by atoms with Crippen LogP contribution in [0.5, 0.6) is 0 Å². The first kappa shape index (κ1) is 16.0. The van der Waals surface area contributed by atoms with E-state index in [2.05, 4.69) is 16.0 Å². The molecule has 0 aromatic rings. The Morgan fingerprint density at radius 2 is 2.00 bits per heavy atom. The number of hydrogen-bond donors (Lipinski definition) is 3. The molecule has 5 heteroatoms. The monoisotopic (exact) mass is 269 g/mol. The number of piperidine rings is 1. The molecule has 0 saturated carbocycles. The molecule has 0 aromatic carbocycles. The van der Waals surface area contributed by atoms with Crippen molar-refractivity contribution in [3.63, 3.8) is 0 Å². The molecule has 1 rings (SSSR count). The van der Waals surface area contributed by atoms with Crippen LogP contribution in [-0.2, 0) is 9.59 Å². The van der Waals surface area contributed by atoms with Crippen LogP contribution < -0.4 is 16.0 Å². The minimum Gasteiger partial charge on any atom is -0.355 e. The Balaban J connectivity index is 2.29. The van der Waals surface area contributed by atoms with Gasteiger partial charge in [-0.15, -0.1) is 0 Å². The van der Waals surface area contributed by atoms with Crippen molar-refractivity contribution in [1.82, 2.24) is 16.0 Å². The zero-order valence-electron chi connectivity index (χ0n) is 12.6. The molecule has 1 saturated heterocycles. The molecule has 1 heterocycles. The normalized spacial score (nSPS) is 23.8. The van der Waals surface area contributed by atoms with Gasteiger partial charge in [0.1, 0.15) is 0 Å². The van der Waals surface area contributed by atoms with E-state index in [4.69, 9.17) is 0 Å². The zero-order valence-corrected chi connectivity index (χ0v) is 12.6. The quantitative estimate of drug-likeness (QED) is 0.707. The standard InChI is InChI=1S/C14H27N3O2/c1-13(2,3)17-11(18)6-9-16-12(19)14(4)7-5-8-15-10-14/h15H,5-10H2,1-4H3,(H,16,19)(H,17,18). The molecule has 5 nitrogen and oxygen atoms in total. The highest BCUT2D eigenvalue weighted by Gasteiger charge is 2.34. The molecule has 110 valence electrons. The summed E-state index contributed by atoms with van der Waals surface area (Å²) in [6.07, 6.45) is 2.25. The maximum Gasteiger partial charge on any atom is 0.227 e. The predicted octanol–water partition coefficient (Wildman–Crippen LogP) is 0.797. The number of carbonyl (C=O) groups excluding carboxylic acids is 2. The van der Waals surface area contributed by atoms with Gasteiger partial charge in [0.25, 0.3) is 0 Å². The zero-order chi connectivity index (χ0) is 14.5. The van der Waals surface area contributed by atoms with Crippen LogP contribution in [-0.4, -0.2) is 37.0 Å². The highest BCUT2D eigenvalue weighted by Crippen LogP contribution is 2.25. The highest BCUT2D eigenvalue weighted by atomic mass is 16.2. The molecule has 1 unspecified atom stereocenters. The molecule has 1 atom stereocenters. The first-order valence-electron chi connectivity index (χ1n) is 7.03. The smallest absolute Gasteiger partial charge is 0.227 e. The van der Waals surface area contributed by atoms with Crippen molar-refractivity contribution in [2.75, 3.05) is 19.6 Å². The van der Waals surface area contributed by atoms with Gasteiger partial charge in [0.15, 0.2) is 0 Å². The SMILES string of the molecule is CC(C)(C)NC(=O)CCNC(=O)C1(C)CCCNC1. The topological polar surface area (TPSA) is 70.2 Å². The fraction of sp³-hybridized carbons (Fsp3) is 0.857. The Labute approximate surface area is 115 Å². The van der Waals surface area contributed by atoms with Crippen molar-refractivity contribution in [1.29, 1.82) is 0 Å². The molecule has 0 bridgehead atoms. The minimum atomic E-state index is -0.335. The third-order valence-corrected chi connectivity index (χ3v) is 3.30. The summed E-state index contributed by atoms with van der Waals surface area (Å²) in [5.74, 6) is 0.0166. The molecule has 1 aliphatic heterocycles. The average Bonchev–Trinajstić information content (AvgIpc) is 2.27. The van der Waals surface area contributed by atoms with Crippen LogP contribution in [0.25, 0.3) is 0 Å². The molecule has 0 spiro atoms. The summed E-state index contributed by atoms with van der Waals surface area (Å²) in [4.78, 5) is 23.7. The van der Waals surface area contributed by atoms with E-state index in [0.29, 0.717) is 19.5 Å². The average molecular weight is 269 g/mol. The molecule has 1 fully saturated rings. The number of amides is 2. The first-order chi connectivity index (χ1) is 8.73. The van der Waals surface area contributed by atoms with Gasteiger partial charge < -0.3 is 16.0 Å². The van der Waals surface area contributed by atoms with Gasteiger partial charge in [0.2, 0.25) is 11.8 Å². The lowest BCUT2D eigenvalue weighted by Crippen LogP contribution is -2.49. The second kappa shape index (κ2) is 6.37. The summed E-state index contributed by atoms with van der Waals surface area (Å²) in [5, 5.41) is 9.00. The van der Waals surface area contributed by atoms with Crippen molar-refractivity contribution in [3.8, 4) is 0 Å². The van der Waals surface area contributed by atoms with Gasteiger partial charge in [0, 0.05) is 25.0 Å². The van der Waals surface area contributed by atoms with E-state index in [1.54, 1.807) is 0 Å². The van der Waals surface area contributed by atoms with Gasteiger partial charge in [-0.05, 0) is 47.1 Å². The fourth-order valence-electron chi connectivity index (χ4n) is 2.23. The predicted molar refractivity (Wildman–Crippen MR) is 75.7 cm³/mol. The summed E-state index contributed by atoms with van der Waals surface area (Å²) in [6, 6.07) is 0. The fourth-order valence-corrected chi connectivity index (χ4v) is 2.23. The highest BCUT2D eigenvalue weighted by molar-refractivity contribution is 5.83. The van der Waals surface area contributed by atoms with E-state index in [1.165, 1.54) is 0 Å². The van der Waals surface area contributed by atoms with Crippen molar-refractivity contribution < 1.29 is 9.59 Å². The maximum atomic E-state index is 12.1. The van der Waals surface area contributed by atoms with Crippen LogP contribution in [0.3, 0.4) is 0 Å². The van der Waals surface area contributed by atoms with Crippen LogP contribution in [0.1, 0.15) is 47.0 Å². The summed E-state index contributed by atoms with van der Waals surface area (Å²) in [6.45, 7) is 9.90. The molecule has 3 N–H and O–H groups in total. The lowest BCUT2D eigenvalue weighted by molar-refractivity contribution is -0.131. The van der Waals surface area contributed by atoms with E-state index in [9.17, 15) is 9.59 Å². The Bertz CT molecular complexity index is 328. The van der Waals surface area contributed by atoms with Crippen molar-refractivity contribution in [2.45, 2.75) is 52.5 Å². The van der Waals surface area contributed by atoms with Gasteiger partial charge in [-0.1, -0.05) is 0 Å². The van der Waals surface area contributed by atoms with Crippen LogP contribution in [0, 0.1) is 5.41 Å². The van der Waals surface area contributed by atoms with E-state index < -0.39 is 0 Å². The minimum absolute atomic E-state index is 0.0280. The van der Waals surface area contributed by atoms with E-state index in [-0.39, 0.29) is 22.8 Å².